The van der Waals surface area contributed by atoms with Crippen LogP contribution in [0.25, 0.3) is 0 Å². The molecule has 0 amide bonds. The molecule has 1 atom stereocenters. The maximum Gasteiger partial charge on any atom is 0.137 e. The molecule has 0 aliphatic heterocycles. The van der Waals surface area contributed by atoms with Gasteiger partial charge in [0.15, 0.2) is 0 Å². The summed E-state index contributed by atoms with van der Waals surface area (Å²) in [5.74, 6) is 0.608. The monoisotopic (exact) mass is 269 g/mol. The van der Waals surface area contributed by atoms with Crippen LogP contribution in [0.5, 0.6) is 5.75 Å². The summed E-state index contributed by atoms with van der Waals surface area (Å²) in [6.45, 7) is 0. The minimum atomic E-state index is -0.593. The molecule has 1 aromatic heterocycles. The molecule has 0 bridgehead atoms. The normalized spacial score (nSPS) is 12.4. The van der Waals surface area contributed by atoms with Gasteiger partial charge in [0, 0.05) is 18.0 Å². The van der Waals surface area contributed by atoms with Gasteiger partial charge in [-0.2, -0.15) is 0 Å². The number of hydrogen-bond acceptors (Lipinski definition) is 4. The quantitative estimate of drug-likeness (QED) is 0.928. The molecule has 0 radical (unpaired) electrons. The summed E-state index contributed by atoms with van der Waals surface area (Å²) in [5.41, 5.74) is 0.769. The molecule has 0 saturated carbocycles. The predicted octanol–water partition coefficient (Wildman–Crippen LogP) is 3.08. The van der Waals surface area contributed by atoms with Crippen molar-refractivity contribution in [2.75, 3.05) is 7.11 Å². The van der Waals surface area contributed by atoms with Gasteiger partial charge in [-0.3, -0.25) is 0 Å². The molecular weight excluding hydrogens is 258 g/mol. The number of aliphatic hydroxyl groups excluding tert-OH is 1. The summed E-state index contributed by atoms with van der Waals surface area (Å²) in [4.78, 5) is 4.14. The van der Waals surface area contributed by atoms with Crippen LogP contribution in [0.2, 0.25) is 5.02 Å². The maximum atomic E-state index is 10.0. The number of ether oxygens (including phenoxy) is 1. The first-order valence-corrected chi connectivity index (χ1v) is 6.36. The third-order valence-electron chi connectivity index (χ3n) is 2.41. The van der Waals surface area contributed by atoms with Gasteiger partial charge in [0.1, 0.15) is 5.75 Å². The Bertz CT molecular complexity index is 487. The van der Waals surface area contributed by atoms with E-state index in [9.17, 15) is 5.11 Å². The minimum absolute atomic E-state index is 0.500. The van der Waals surface area contributed by atoms with Crippen molar-refractivity contribution >= 4 is 22.9 Å². The molecule has 0 aliphatic carbocycles. The lowest BCUT2D eigenvalue weighted by atomic mass is 10.1. The van der Waals surface area contributed by atoms with Gasteiger partial charge in [-0.1, -0.05) is 17.7 Å². The standard InChI is InChI=1S/C12H12ClNO2S/c1-16-11-3-2-8(6-9(11)13)10(15)7-12-14-4-5-17-12/h2-6,10,15H,7H2,1H3. The molecule has 3 nitrogen and oxygen atoms in total. The molecular formula is C12H12ClNO2S. The summed E-state index contributed by atoms with van der Waals surface area (Å²) < 4.78 is 5.06. The lowest BCUT2D eigenvalue weighted by molar-refractivity contribution is 0.178. The van der Waals surface area contributed by atoms with E-state index in [4.69, 9.17) is 16.3 Å². The number of methoxy groups -OCH3 is 1. The largest absolute Gasteiger partial charge is 0.495 e. The second kappa shape index (κ2) is 5.49. The van der Waals surface area contributed by atoms with Crippen LogP contribution >= 0.6 is 22.9 Å². The van der Waals surface area contributed by atoms with Gasteiger partial charge in [0.25, 0.3) is 0 Å². The number of thiazole rings is 1. The highest BCUT2D eigenvalue weighted by Crippen LogP contribution is 2.29. The van der Waals surface area contributed by atoms with E-state index in [0.717, 1.165) is 10.6 Å². The van der Waals surface area contributed by atoms with Crippen molar-refractivity contribution in [3.8, 4) is 5.75 Å². The smallest absolute Gasteiger partial charge is 0.137 e. The van der Waals surface area contributed by atoms with Gasteiger partial charge in [-0.05, 0) is 17.7 Å². The van der Waals surface area contributed by atoms with Crippen molar-refractivity contribution in [1.29, 1.82) is 0 Å². The van der Waals surface area contributed by atoms with Gasteiger partial charge in [0.05, 0.1) is 23.2 Å². The second-order valence-electron chi connectivity index (χ2n) is 3.54. The first-order valence-electron chi connectivity index (χ1n) is 5.10. The van der Waals surface area contributed by atoms with Gasteiger partial charge >= 0.3 is 0 Å². The van der Waals surface area contributed by atoms with E-state index in [2.05, 4.69) is 4.98 Å². The summed E-state index contributed by atoms with van der Waals surface area (Å²) in [5, 5.41) is 13.3. The highest BCUT2D eigenvalue weighted by atomic mass is 35.5. The SMILES string of the molecule is COc1ccc(C(O)Cc2nccs2)cc1Cl. The Hall–Kier alpha value is -1.10. The van der Waals surface area contributed by atoms with Gasteiger partial charge in [0.2, 0.25) is 0 Å². The van der Waals surface area contributed by atoms with Crippen molar-refractivity contribution in [2.45, 2.75) is 12.5 Å². The van der Waals surface area contributed by atoms with Gasteiger partial charge < -0.3 is 9.84 Å². The Balaban J connectivity index is 2.14. The number of nitrogens with zero attached hydrogens (tertiary/aromatic N) is 1. The van der Waals surface area contributed by atoms with Crippen LogP contribution in [-0.2, 0) is 6.42 Å². The average Bonchev–Trinajstić information content (AvgIpc) is 2.81. The Morgan fingerprint density at radius 1 is 1.53 bits per heavy atom. The van der Waals surface area contributed by atoms with Crippen molar-refractivity contribution in [1.82, 2.24) is 4.98 Å². The summed E-state index contributed by atoms with van der Waals surface area (Å²) in [6.07, 6.45) is 1.64. The fraction of sp³-hybridized carbons (Fsp3) is 0.250. The Kier molecular flexibility index (Phi) is 3.99. The molecule has 90 valence electrons. The van der Waals surface area contributed by atoms with Gasteiger partial charge in [-0.25, -0.2) is 4.98 Å². The fourth-order valence-electron chi connectivity index (χ4n) is 1.53. The summed E-state index contributed by atoms with van der Waals surface area (Å²) in [6, 6.07) is 5.28. The molecule has 0 spiro atoms. The molecule has 1 aromatic carbocycles. The van der Waals surface area contributed by atoms with E-state index in [1.165, 1.54) is 11.3 Å². The van der Waals surface area contributed by atoms with Crippen molar-refractivity contribution < 1.29 is 9.84 Å². The number of benzene rings is 1. The van der Waals surface area contributed by atoms with E-state index >= 15 is 0 Å². The van der Waals surface area contributed by atoms with Crippen LogP contribution in [0.4, 0.5) is 0 Å². The van der Waals surface area contributed by atoms with Crippen LogP contribution in [0, 0.1) is 0 Å². The molecule has 1 N–H and O–H groups in total. The van der Waals surface area contributed by atoms with Crippen molar-refractivity contribution in [3.63, 3.8) is 0 Å². The third-order valence-corrected chi connectivity index (χ3v) is 3.51. The van der Waals surface area contributed by atoms with E-state index in [-0.39, 0.29) is 0 Å². The average molecular weight is 270 g/mol. The summed E-state index contributed by atoms with van der Waals surface area (Å²) >= 11 is 7.54. The Morgan fingerprint density at radius 2 is 2.35 bits per heavy atom. The number of halogens is 1. The maximum absolute atomic E-state index is 10.0. The molecule has 2 rings (SSSR count). The van der Waals surface area contributed by atoms with E-state index in [0.29, 0.717) is 17.2 Å². The van der Waals surface area contributed by atoms with Crippen LogP contribution in [0.1, 0.15) is 16.7 Å². The molecule has 0 saturated heterocycles. The zero-order valence-corrected chi connectivity index (χ0v) is 10.8. The Morgan fingerprint density at radius 3 is 2.94 bits per heavy atom. The van der Waals surface area contributed by atoms with Crippen molar-refractivity contribution in [2.24, 2.45) is 0 Å². The van der Waals surface area contributed by atoms with E-state index in [1.807, 2.05) is 11.4 Å². The molecule has 5 heteroatoms. The summed E-state index contributed by atoms with van der Waals surface area (Å²) in [7, 11) is 1.56. The fourth-order valence-corrected chi connectivity index (χ4v) is 2.45. The number of rotatable bonds is 4. The number of hydrogen-bond donors (Lipinski definition) is 1. The second-order valence-corrected chi connectivity index (χ2v) is 4.93. The predicted molar refractivity (Wildman–Crippen MR) is 68.8 cm³/mol. The molecule has 17 heavy (non-hydrogen) atoms. The Labute approximate surface area is 109 Å². The molecule has 1 heterocycles. The topological polar surface area (TPSA) is 42.4 Å². The number of aliphatic hydroxyl groups is 1. The lowest BCUT2D eigenvalue weighted by Crippen LogP contribution is -2.01. The molecule has 0 fully saturated rings. The van der Waals surface area contributed by atoms with Crippen LogP contribution in [-0.4, -0.2) is 17.2 Å². The van der Waals surface area contributed by atoms with Crippen LogP contribution < -0.4 is 4.74 Å². The van der Waals surface area contributed by atoms with Crippen LogP contribution in [0.15, 0.2) is 29.8 Å². The van der Waals surface area contributed by atoms with E-state index < -0.39 is 6.10 Å². The van der Waals surface area contributed by atoms with Crippen molar-refractivity contribution in [3.05, 3.63) is 45.4 Å². The highest BCUT2D eigenvalue weighted by Gasteiger charge is 2.12. The highest BCUT2D eigenvalue weighted by molar-refractivity contribution is 7.09. The number of aromatic nitrogens is 1. The minimum Gasteiger partial charge on any atom is -0.495 e. The van der Waals surface area contributed by atoms with Crippen LogP contribution in [0.3, 0.4) is 0 Å². The van der Waals surface area contributed by atoms with Gasteiger partial charge in [-0.15, -0.1) is 11.3 Å². The first-order chi connectivity index (χ1) is 8.20. The third kappa shape index (κ3) is 2.97. The first kappa shape index (κ1) is 12.4. The lowest BCUT2D eigenvalue weighted by Gasteiger charge is -2.11. The zero-order valence-electron chi connectivity index (χ0n) is 9.26. The molecule has 0 aliphatic rings. The molecule has 1 unspecified atom stereocenters. The van der Waals surface area contributed by atoms with E-state index in [1.54, 1.807) is 25.4 Å². The molecule has 2 aromatic rings. The zero-order chi connectivity index (χ0) is 12.3.